The van der Waals surface area contributed by atoms with Gasteiger partial charge in [0, 0.05) is 30.4 Å². The second-order valence-corrected chi connectivity index (χ2v) is 11.0. The molecule has 1 saturated heterocycles. The highest BCUT2D eigenvalue weighted by atomic mass is 16.4. The van der Waals surface area contributed by atoms with Crippen molar-refractivity contribution >= 4 is 23.7 Å². The normalized spacial score (nSPS) is 16.9. The van der Waals surface area contributed by atoms with Crippen molar-refractivity contribution in [2.24, 2.45) is 5.92 Å². The molecule has 3 rings (SSSR count). The van der Waals surface area contributed by atoms with Crippen LogP contribution < -0.4 is 16.1 Å². The van der Waals surface area contributed by atoms with Crippen LogP contribution in [0.5, 0.6) is 0 Å². The van der Waals surface area contributed by atoms with Crippen LogP contribution in [0.15, 0.2) is 42.6 Å². The van der Waals surface area contributed by atoms with Gasteiger partial charge in [-0.2, -0.15) is 0 Å². The third-order valence-electron chi connectivity index (χ3n) is 7.06. The number of pyridine rings is 1. The van der Waals surface area contributed by atoms with Crippen LogP contribution in [0.4, 0.5) is 0 Å². The number of amides is 3. The number of carbonyl (C=O) groups is 4. The van der Waals surface area contributed by atoms with E-state index < -0.39 is 35.9 Å². The molecule has 4 N–H and O–H groups in total. The van der Waals surface area contributed by atoms with Gasteiger partial charge in [0.15, 0.2) is 0 Å². The monoisotopic (exact) mass is 551 g/mol. The molecule has 216 valence electrons. The zero-order chi connectivity index (χ0) is 29.4. The summed E-state index contributed by atoms with van der Waals surface area (Å²) in [6.07, 6.45) is 3.36. The standard InChI is InChI=1S/C30H41N5O5/c1-18(2)21-8-6-9-22(16-21)23-11-12-24(31-17-23)13-14-26(36)33-27(19(3)4)28(37)32-20(5)29(38)35-15-7-10-25(34-35)30(39)40/h6,8-9,11-12,16-20,25,27,34H,7,10,13-15H2,1-5H3,(H,32,37)(H,33,36)(H,39,40)/t20-,25-,27-/m0/s1. The van der Waals surface area contributed by atoms with Crippen LogP contribution in [0.2, 0.25) is 0 Å². The Kier molecular flexibility index (Phi) is 10.8. The molecule has 2 aromatic rings. The minimum atomic E-state index is -1.03. The first-order valence-corrected chi connectivity index (χ1v) is 13.9. The minimum absolute atomic E-state index is 0.161. The molecular formula is C30H41N5O5. The first kappa shape index (κ1) is 30.7. The maximum atomic E-state index is 13.0. The van der Waals surface area contributed by atoms with E-state index in [1.54, 1.807) is 6.92 Å². The fourth-order valence-corrected chi connectivity index (χ4v) is 4.56. The lowest BCUT2D eigenvalue weighted by atomic mass is 9.98. The van der Waals surface area contributed by atoms with E-state index in [1.165, 1.54) is 10.6 Å². The Morgan fingerprint density at radius 2 is 1.80 bits per heavy atom. The predicted octanol–water partition coefficient (Wildman–Crippen LogP) is 3.03. The van der Waals surface area contributed by atoms with Crippen LogP contribution >= 0.6 is 0 Å². The number of aliphatic carboxylic acids is 1. The van der Waals surface area contributed by atoms with Crippen molar-refractivity contribution < 1.29 is 24.3 Å². The molecule has 0 unspecified atom stereocenters. The third kappa shape index (κ3) is 8.35. The van der Waals surface area contributed by atoms with Gasteiger partial charge in [-0.05, 0) is 55.2 Å². The van der Waals surface area contributed by atoms with E-state index >= 15 is 0 Å². The van der Waals surface area contributed by atoms with Gasteiger partial charge in [0.25, 0.3) is 5.91 Å². The smallest absolute Gasteiger partial charge is 0.322 e. The van der Waals surface area contributed by atoms with Gasteiger partial charge in [0.1, 0.15) is 18.1 Å². The summed E-state index contributed by atoms with van der Waals surface area (Å²) in [6, 6.07) is 9.72. The molecule has 1 aliphatic rings. The average Bonchev–Trinajstić information content (AvgIpc) is 2.94. The van der Waals surface area contributed by atoms with Crippen molar-refractivity contribution in [3.8, 4) is 11.1 Å². The molecule has 0 spiro atoms. The van der Waals surface area contributed by atoms with Crippen LogP contribution in [0.3, 0.4) is 0 Å². The molecule has 0 aliphatic carbocycles. The van der Waals surface area contributed by atoms with Crippen LogP contribution in [0.1, 0.15) is 71.1 Å². The van der Waals surface area contributed by atoms with Crippen LogP contribution in [-0.2, 0) is 25.6 Å². The number of nitrogens with one attached hydrogen (secondary N) is 3. The molecule has 3 amide bonds. The topological polar surface area (TPSA) is 141 Å². The summed E-state index contributed by atoms with van der Waals surface area (Å²) in [5.74, 6) is -2.00. The summed E-state index contributed by atoms with van der Waals surface area (Å²) < 4.78 is 0. The van der Waals surface area contributed by atoms with E-state index in [-0.39, 0.29) is 18.2 Å². The predicted molar refractivity (Wildman–Crippen MR) is 152 cm³/mol. The molecular weight excluding hydrogens is 510 g/mol. The van der Waals surface area contributed by atoms with Crippen LogP contribution in [-0.4, -0.2) is 63.5 Å². The molecule has 1 aromatic heterocycles. The SMILES string of the molecule is CC(C)c1cccc(-c2ccc(CCC(=O)N[C@H](C(=O)N[C@@H](C)C(=O)N3CCC[C@@H](C(=O)O)N3)C(C)C)nc2)c1. The average molecular weight is 552 g/mol. The Labute approximate surface area is 235 Å². The van der Waals surface area contributed by atoms with E-state index in [4.69, 9.17) is 0 Å². The molecule has 1 aromatic carbocycles. The molecule has 40 heavy (non-hydrogen) atoms. The number of hydrogen-bond acceptors (Lipinski definition) is 6. The largest absolute Gasteiger partial charge is 0.480 e. The molecule has 10 nitrogen and oxygen atoms in total. The molecule has 1 fully saturated rings. The fourth-order valence-electron chi connectivity index (χ4n) is 4.56. The van der Waals surface area contributed by atoms with Crippen molar-refractivity contribution in [2.75, 3.05) is 6.54 Å². The highest BCUT2D eigenvalue weighted by Gasteiger charge is 2.32. The van der Waals surface area contributed by atoms with E-state index in [0.29, 0.717) is 31.7 Å². The lowest BCUT2D eigenvalue weighted by molar-refractivity contribution is -0.148. The number of carbonyl (C=O) groups excluding carboxylic acids is 3. The van der Waals surface area contributed by atoms with Crippen LogP contribution in [0, 0.1) is 5.92 Å². The van der Waals surface area contributed by atoms with Gasteiger partial charge in [-0.25, -0.2) is 5.43 Å². The Morgan fingerprint density at radius 3 is 2.42 bits per heavy atom. The number of rotatable bonds is 11. The van der Waals surface area contributed by atoms with E-state index in [9.17, 15) is 24.3 Å². The van der Waals surface area contributed by atoms with Gasteiger partial charge in [0.05, 0.1) is 0 Å². The van der Waals surface area contributed by atoms with E-state index in [1.807, 2.05) is 38.2 Å². The summed E-state index contributed by atoms with van der Waals surface area (Å²) in [7, 11) is 0. The Balaban J connectivity index is 1.52. The quantitative estimate of drug-likeness (QED) is 0.336. The number of nitrogens with zero attached hydrogens (tertiary/aromatic N) is 2. The van der Waals surface area contributed by atoms with Crippen LogP contribution in [0.25, 0.3) is 11.1 Å². The lowest BCUT2D eigenvalue weighted by Gasteiger charge is -2.34. The maximum absolute atomic E-state index is 13.0. The molecule has 1 aliphatic heterocycles. The number of aryl methyl sites for hydroxylation is 1. The van der Waals surface area contributed by atoms with Crippen molar-refractivity contribution in [3.05, 3.63) is 53.9 Å². The second kappa shape index (κ2) is 14.0. The highest BCUT2D eigenvalue weighted by Crippen LogP contribution is 2.23. The first-order chi connectivity index (χ1) is 19.0. The minimum Gasteiger partial charge on any atom is -0.480 e. The summed E-state index contributed by atoms with van der Waals surface area (Å²) in [5.41, 5.74) is 6.84. The van der Waals surface area contributed by atoms with E-state index in [0.717, 1.165) is 16.8 Å². The molecule has 2 heterocycles. The third-order valence-corrected chi connectivity index (χ3v) is 7.06. The number of benzene rings is 1. The number of aromatic nitrogens is 1. The Hall–Kier alpha value is -3.79. The number of hydrogen-bond donors (Lipinski definition) is 4. The molecule has 0 saturated carbocycles. The molecule has 10 heteroatoms. The van der Waals surface area contributed by atoms with E-state index in [2.05, 4.69) is 53.1 Å². The van der Waals surface area contributed by atoms with Gasteiger partial charge >= 0.3 is 5.97 Å². The number of hydrazine groups is 1. The molecule has 0 bridgehead atoms. The zero-order valence-corrected chi connectivity index (χ0v) is 23.9. The summed E-state index contributed by atoms with van der Waals surface area (Å²) in [6.45, 7) is 9.84. The maximum Gasteiger partial charge on any atom is 0.322 e. The Bertz CT molecular complexity index is 1200. The molecule has 0 radical (unpaired) electrons. The Morgan fingerprint density at radius 1 is 1.05 bits per heavy atom. The van der Waals surface area contributed by atoms with Crippen molar-refractivity contribution in [1.29, 1.82) is 0 Å². The zero-order valence-electron chi connectivity index (χ0n) is 23.9. The van der Waals surface area contributed by atoms with Gasteiger partial charge in [-0.3, -0.25) is 29.2 Å². The second-order valence-electron chi connectivity index (χ2n) is 11.0. The molecule has 3 atom stereocenters. The van der Waals surface area contributed by atoms with Gasteiger partial charge in [0.2, 0.25) is 11.8 Å². The first-order valence-electron chi connectivity index (χ1n) is 13.9. The van der Waals surface area contributed by atoms with Crippen molar-refractivity contribution in [3.63, 3.8) is 0 Å². The summed E-state index contributed by atoms with van der Waals surface area (Å²) >= 11 is 0. The van der Waals surface area contributed by atoms with Gasteiger partial charge in [-0.1, -0.05) is 58.0 Å². The number of carboxylic acid groups (broad SMARTS) is 1. The highest BCUT2D eigenvalue weighted by molar-refractivity contribution is 5.92. The summed E-state index contributed by atoms with van der Waals surface area (Å²) in [4.78, 5) is 54.3. The fraction of sp³-hybridized carbons (Fsp3) is 0.500. The van der Waals surface area contributed by atoms with Gasteiger partial charge in [-0.15, -0.1) is 0 Å². The lowest BCUT2D eigenvalue weighted by Crippen LogP contribution is -2.60. The van der Waals surface area contributed by atoms with Crippen molar-refractivity contribution in [2.45, 2.75) is 84.3 Å². The van der Waals surface area contributed by atoms with Crippen molar-refractivity contribution in [1.82, 2.24) is 26.1 Å². The summed E-state index contributed by atoms with van der Waals surface area (Å²) in [5, 5.41) is 15.9. The van der Waals surface area contributed by atoms with Gasteiger partial charge < -0.3 is 15.7 Å². The number of carboxylic acids is 1.